The van der Waals surface area contributed by atoms with Gasteiger partial charge < -0.3 is 16.0 Å². The molecule has 2 amide bonds. The van der Waals surface area contributed by atoms with Crippen molar-refractivity contribution in [2.24, 2.45) is 0 Å². The Labute approximate surface area is 91.2 Å². The predicted octanol–water partition coefficient (Wildman–Crippen LogP) is 0.980. The third kappa shape index (κ3) is 2.84. The summed E-state index contributed by atoms with van der Waals surface area (Å²) in [5.74, 6) is 0. The van der Waals surface area contributed by atoms with Crippen LogP contribution in [0.3, 0.4) is 0 Å². The summed E-state index contributed by atoms with van der Waals surface area (Å²) >= 11 is 0. The van der Waals surface area contributed by atoms with Gasteiger partial charge in [0.05, 0.1) is 5.54 Å². The fourth-order valence-corrected chi connectivity index (χ4v) is 2.49. The van der Waals surface area contributed by atoms with E-state index in [0.29, 0.717) is 6.04 Å². The maximum absolute atomic E-state index is 11.7. The van der Waals surface area contributed by atoms with Crippen molar-refractivity contribution in [3.05, 3.63) is 0 Å². The van der Waals surface area contributed by atoms with Gasteiger partial charge in [-0.15, -0.1) is 0 Å². The summed E-state index contributed by atoms with van der Waals surface area (Å²) in [6.45, 7) is 3.98. The van der Waals surface area contributed by atoms with Gasteiger partial charge in [0, 0.05) is 12.6 Å². The van der Waals surface area contributed by atoms with Gasteiger partial charge in [0.1, 0.15) is 0 Å². The molecular formula is C11H21N3O. The topological polar surface area (TPSA) is 53.2 Å². The van der Waals surface area contributed by atoms with E-state index >= 15 is 0 Å². The molecule has 15 heavy (non-hydrogen) atoms. The molecule has 1 heterocycles. The van der Waals surface area contributed by atoms with Crippen LogP contribution in [0.5, 0.6) is 0 Å². The minimum Gasteiger partial charge on any atom is -0.335 e. The molecule has 4 nitrogen and oxygen atoms in total. The van der Waals surface area contributed by atoms with Crippen molar-refractivity contribution < 1.29 is 4.79 Å². The lowest BCUT2D eigenvalue weighted by Gasteiger charge is -2.25. The molecule has 2 fully saturated rings. The Morgan fingerprint density at radius 3 is 2.73 bits per heavy atom. The van der Waals surface area contributed by atoms with Crippen LogP contribution in [0.15, 0.2) is 0 Å². The number of hydrogen-bond acceptors (Lipinski definition) is 2. The van der Waals surface area contributed by atoms with Gasteiger partial charge in [0.2, 0.25) is 0 Å². The highest BCUT2D eigenvalue weighted by atomic mass is 16.2. The standard InChI is InChI=1S/C11H21N3O/c1-11(6-7-12-8-11)14-10(15)13-9-4-2-3-5-9/h9,12H,2-8H2,1H3,(H2,13,14,15). The molecule has 2 aliphatic rings. The highest BCUT2D eigenvalue weighted by molar-refractivity contribution is 5.75. The second kappa shape index (κ2) is 4.39. The van der Waals surface area contributed by atoms with Crippen LogP contribution in [0, 0.1) is 0 Å². The smallest absolute Gasteiger partial charge is 0.315 e. The number of amides is 2. The second-order valence-electron chi connectivity index (χ2n) is 5.07. The summed E-state index contributed by atoms with van der Waals surface area (Å²) in [6.07, 6.45) is 5.81. The lowest BCUT2D eigenvalue weighted by atomic mass is 10.0. The molecule has 0 spiro atoms. The summed E-state index contributed by atoms with van der Waals surface area (Å²) in [7, 11) is 0. The third-order valence-electron chi connectivity index (χ3n) is 3.47. The molecule has 3 N–H and O–H groups in total. The lowest BCUT2D eigenvalue weighted by molar-refractivity contribution is 0.226. The molecule has 0 aromatic carbocycles. The van der Waals surface area contributed by atoms with Crippen molar-refractivity contribution in [2.45, 2.75) is 50.6 Å². The Bertz CT molecular complexity index is 230. The molecule has 86 valence electrons. The van der Waals surface area contributed by atoms with E-state index in [0.717, 1.165) is 32.4 Å². The summed E-state index contributed by atoms with van der Waals surface area (Å²) < 4.78 is 0. The number of urea groups is 1. The number of hydrogen-bond donors (Lipinski definition) is 3. The molecule has 1 unspecified atom stereocenters. The highest BCUT2D eigenvalue weighted by Crippen LogP contribution is 2.18. The predicted molar refractivity (Wildman–Crippen MR) is 59.8 cm³/mol. The minimum absolute atomic E-state index is 0.00750. The zero-order valence-corrected chi connectivity index (χ0v) is 9.44. The maximum atomic E-state index is 11.7. The molecule has 0 radical (unpaired) electrons. The summed E-state index contributed by atoms with van der Waals surface area (Å²) in [5, 5.41) is 9.39. The Morgan fingerprint density at radius 1 is 1.40 bits per heavy atom. The Balaban J connectivity index is 1.76. The number of carbonyl (C=O) groups excluding carboxylic acids is 1. The molecule has 0 aromatic rings. The van der Waals surface area contributed by atoms with Gasteiger partial charge in [-0.2, -0.15) is 0 Å². The van der Waals surface area contributed by atoms with Gasteiger partial charge in [0.25, 0.3) is 0 Å². The Kier molecular flexibility index (Phi) is 3.14. The zero-order chi connectivity index (χ0) is 10.7. The first-order chi connectivity index (χ1) is 7.18. The second-order valence-corrected chi connectivity index (χ2v) is 5.07. The van der Waals surface area contributed by atoms with Crippen molar-refractivity contribution in [1.82, 2.24) is 16.0 Å². The largest absolute Gasteiger partial charge is 0.335 e. The molecule has 1 saturated heterocycles. The molecule has 4 heteroatoms. The molecule has 2 rings (SSSR count). The first-order valence-electron chi connectivity index (χ1n) is 5.97. The van der Waals surface area contributed by atoms with E-state index in [2.05, 4.69) is 22.9 Å². The van der Waals surface area contributed by atoms with Gasteiger partial charge in [-0.25, -0.2) is 4.79 Å². The third-order valence-corrected chi connectivity index (χ3v) is 3.47. The van der Waals surface area contributed by atoms with Crippen molar-refractivity contribution in [1.29, 1.82) is 0 Å². The molecule has 1 saturated carbocycles. The molecule has 1 aliphatic heterocycles. The lowest BCUT2D eigenvalue weighted by Crippen LogP contribution is -2.53. The van der Waals surface area contributed by atoms with E-state index in [4.69, 9.17) is 0 Å². The van der Waals surface area contributed by atoms with Crippen LogP contribution in [-0.4, -0.2) is 30.7 Å². The Morgan fingerprint density at radius 2 is 2.13 bits per heavy atom. The monoisotopic (exact) mass is 211 g/mol. The van der Waals surface area contributed by atoms with Crippen LogP contribution >= 0.6 is 0 Å². The molecule has 0 aromatic heterocycles. The molecule has 1 aliphatic carbocycles. The van der Waals surface area contributed by atoms with E-state index in [1.807, 2.05) is 0 Å². The van der Waals surface area contributed by atoms with Crippen molar-refractivity contribution in [3.63, 3.8) is 0 Å². The molecule has 1 atom stereocenters. The van der Waals surface area contributed by atoms with Crippen LogP contribution in [-0.2, 0) is 0 Å². The fourth-order valence-electron chi connectivity index (χ4n) is 2.49. The van der Waals surface area contributed by atoms with Crippen molar-refractivity contribution in [2.75, 3.05) is 13.1 Å². The van der Waals surface area contributed by atoms with E-state index in [1.165, 1.54) is 12.8 Å². The van der Waals surface area contributed by atoms with Crippen LogP contribution in [0.2, 0.25) is 0 Å². The van der Waals surface area contributed by atoms with Gasteiger partial charge >= 0.3 is 6.03 Å². The normalized spacial score (nSPS) is 31.8. The highest BCUT2D eigenvalue weighted by Gasteiger charge is 2.30. The number of rotatable bonds is 2. The SMILES string of the molecule is CC1(NC(=O)NC2CCCC2)CCNC1. The van der Waals surface area contributed by atoms with E-state index in [9.17, 15) is 4.79 Å². The molecular weight excluding hydrogens is 190 g/mol. The maximum Gasteiger partial charge on any atom is 0.315 e. The number of carbonyl (C=O) groups is 1. The van der Waals surface area contributed by atoms with E-state index < -0.39 is 0 Å². The van der Waals surface area contributed by atoms with Gasteiger partial charge in [0.15, 0.2) is 0 Å². The van der Waals surface area contributed by atoms with Crippen LogP contribution in [0.25, 0.3) is 0 Å². The summed E-state index contributed by atoms with van der Waals surface area (Å²) in [5.41, 5.74) is -0.0529. The quantitative estimate of drug-likeness (QED) is 0.638. The minimum atomic E-state index is -0.0529. The van der Waals surface area contributed by atoms with Crippen LogP contribution in [0.1, 0.15) is 39.0 Å². The number of nitrogens with one attached hydrogen (secondary N) is 3. The average molecular weight is 211 g/mol. The summed E-state index contributed by atoms with van der Waals surface area (Å²) in [4.78, 5) is 11.7. The van der Waals surface area contributed by atoms with Gasteiger partial charge in [-0.1, -0.05) is 12.8 Å². The van der Waals surface area contributed by atoms with Gasteiger partial charge in [-0.05, 0) is 32.7 Å². The van der Waals surface area contributed by atoms with E-state index in [1.54, 1.807) is 0 Å². The van der Waals surface area contributed by atoms with Crippen molar-refractivity contribution in [3.8, 4) is 0 Å². The van der Waals surface area contributed by atoms with E-state index in [-0.39, 0.29) is 11.6 Å². The summed E-state index contributed by atoms with van der Waals surface area (Å²) in [6, 6.07) is 0.413. The zero-order valence-electron chi connectivity index (χ0n) is 9.44. The Hall–Kier alpha value is -0.770. The van der Waals surface area contributed by atoms with Crippen molar-refractivity contribution >= 4 is 6.03 Å². The first-order valence-corrected chi connectivity index (χ1v) is 5.97. The van der Waals surface area contributed by atoms with Crippen LogP contribution in [0.4, 0.5) is 4.79 Å². The fraction of sp³-hybridized carbons (Fsp3) is 0.909. The average Bonchev–Trinajstić information content (AvgIpc) is 2.76. The van der Waals surface area contributed by atoms with Gasteiger partial charge in [-0.3, -0.25) is 0 Å². The molecule has 0 bridgehead atoms. The first kappa shape index (κ1) is 10.7. The van der Waals surface area contributed by atoms with Crippen LogP contribution < -0.4 is 16.0 Å².